The number of aliphatic hydroxyl groups excluding tert-OH is 1. The fourth-order valence-corrected chi connectivity index (χ4v) is 2.59. The standard InChI is InChI=1S/C13H17BrN2O2/c1-9-11(14)5-2-6-12(9)15-13(18)16-7-3-4-10(16)8-17/h2,5-6,10,17H,3-4,7-8H2,1H3,(H,15,18)/t10-/m0/s1. The highest BCUT2D eigenvalue weighted by atomic mass is 79.9. The number of likely N-dealkylation sites (tertiary alicyclic amines) is 1. The fraction of sp³-hybridized carbons (Fsp3) is 0.462. The molecule has 18 heavy (non-hydrogen) atoms. The first kappa shape index (κ1) is 13.4. The van der Waals surface area contributed by atoms with Crippen molar-refractivity contribution in [2.24, 2.45) is 0 Å². The summed E-state index contributed by atoms with van der Waals surface area (Å²) < 4.78 is 0.973. The van der Waals surface area contributed by atoms with Crippen LogP contribution in [-0.4, -0.2) is 35.2 Å². The van der Waals surface area contributed by atoms with Crippen LogP contribution in [0.3, 0.4) is 0 Å². The summed E-state index contributed by atoms with van der Waals surface area (Å²) in [5, 5.41) is 12.1. The topological polar surface area (TPSA) is 52.6 Å². The van der Waals surface area contributed by atoms with Crippen molar-refractivity contribution >= 4 is 27.6 Å². The zero-order chi connectivity index (χ0) is 13.1. The molecule has 5 heteroatoms. The number of rotatable bonds is 2. The number of nitrogens with one attached hydrogen (secondary N) is 1. The Balaban J connectivity index is 2.09. The largest absolute Gasteiger partial charge is 0.394 e. The Morgan fingerprint density at radius 3 is 3.11 bits per heavy atom. The van der Waals surface area contributed by atoms with E-state index in [1.807, 2.05) is 25.1 Å². The lowest BCUT2D eigenvalue weighted by atomic mass is 10.2. The smallest absolute Gasteiger partial charge is 0.322 e. The second-order valence-corrected chi connectivity index (χ2v) is 5.37. The molecule has 0 radical (unpaired) electrons. The minimum Gasteiger partial charge on any atom is -0.394 e. The van der Waals surface area contributed by atoms with Crippen LogP contribution >= 0.6 is 15.9 Å². The van der Waals surface area contributed by atoms with Crippen molar-refractivity contribution in [3.05, 3.63) is 28.2 Å². The number of aliphatic hydroxyl groups is 1. The first-order chi connectivity index (χ1) is 8.63. The quantitative estimate of drug-likeness (QED) is 0.882. The van der Waals surface area contributed by atoms with Crippen LogP contribution in [0.25, 0.3) is 0 Å². The predicted octanol–water partition coefficient (Wildman–Crippen LogP) is 2.75. The summed E-state index contributed by atoms with van der Waals surface area (Å²) >= 11 is 3.44. The lowest BCUT2D eigenvalue weighted by Gasteiger charge is -2.23. The third-order valence-electron chi connectivity index (χ3n) is 3.36. The maximum atomic E-state index is 12.1. The number of halogens is 1. The highest BCUT2D eigenvalue weighted by molar-refractivity contribution is 9.10. The van der Waals surface area contributed by atoms with E-state index in [1.165, 1.54) is 0 Å². The summed E-state index contributed by atoms with van der Waals surface area (Å²) in [5.74, 6) is 0. The minimum absolute atomic E-state index is 0.0326. The van der Waals surface area contributed by atoms with Gasteiger partial charge in [0.05, 0.1) is 12.6 Å². The molecule has 1 aromatic carbocycles. The number of anilines is 1. The number of hydrogen-bond acceptors (Lipinski definition) is 2. The van der Waals surface area contributed by atoms with Crippen molar-refractivity contribution in [3.63, 3.8) is 0 Å². The number of amides is 2. The molecule has 0 aliphatic carbocycles. The predicted molar refractivity (Wildman–Crippen MR) is 74.7 cm³/mol. The Hall–Kier alpha value is -1.07. The van der Waals surface area contributed by atoms with Gasteiger partial charge in [0, 0.05) is 16.7 Å². The van der Waals surface area contributed by atoms with Crippen LogP contribution in [0.1, 0.15) is 18.4 Å². The van der Waals surface area contributed by atoms with E-state index in [9.17, 15) is 9.90 Å². The van der Waals surface area contributed by atoms with E-state index in [2.05, 4.69) is 21.2 Å². The molecule has 4 nitrogen and oxygen atoms in total. The van der Waals surface area contributed by atoms with Gasteiger partial charge < -0.3 is 15.3 Å². The summed E-state index contributed by atoms with van der Waals surface area (Å²) in [6.07, 6.45) is 1.83. The molecule has 1 aromatic rings. The van der Waals surface area contributed by atoms with Crippen molar-refractivity contribution in [2.75, 3.05) is 18.5 Å². The number of urea groups is 1. The van der Waals surface area contributed by atoms with Gasteiger partial charge in [0.2, 0.25) is 0 Å². The summed E-state index contributed by atoms with van der Waals surface area (Å²) in [6.45, 7) is 2.70. The Morgan fingerprint density at radius 1 is 1.61 bits per heavy atom. The molecule has 1 aliphatic rings. The molecule has 0 unspecified atom stereocenters. The van der Waals surface area contributed by atoms with Crippen LogP contribution in [0.5, 0.6) is 0 Å². The molecule has 0 aromatic heterocycles. The van der Waals surface area contributed by atoms with Gasteiger partial charge in [-0.25, -0.2) is 4.79 Å². The van der Waals surface area contributed by atoms with E-state index in [4.69, 9.17) is 0 Å². The first-order valence-corrected chi connectivity index (χ1v) is 6.86. The van der Waals surface area contributed by atoms with E-state index in [1.54, 1.807) is 4.90 Å². The van der Waals surface area contributed by atoms with Crippen LogP contribution in [0.15, 0.2) is 22.7 Å². The van der Waals surface area contributed by atoms with Crippen molar-refractivity contribution in [1.82, 2.24) is 4.90 Å². The third kappa shape index (κ3) is 2.67. The highest BCUT2D eigenvalue weighted by Gasteiger charge is 2.28. The van der Waals surface area contributed by atoms with Crippen LogP contribution in [0.4, 0.5) is 10.5 Å². The number of benzene rings is 1. The van der Waals surface area contributed by atoms with Gasteiger partial charge in [0.15, 0.2) is 0 Å². The molecule has 1 heterocycles. The SMILES string of the molecule is Cc1c(Br)cccc1NC(=O)N1CCC[C@H]1CO. The van der Waals surface area contributed by atoms with Crippen molar-refractivity contribution < 1.29 is 9.90 Å². The van der Waals surface area contributed by atoms with Gasteiger partial charge in [-0.1, -0.05) is 22.0 Å². The van der Waals surface area contributed by atoms with Crippen LogP contribution in [0.2, 0.25) is 0 Å². The average molecular weight is 313 g/mol. The Morgan fingerprint density at radius 2 is 2.39 bits per heavy atom. The molecular weight excluding hydrogens is 296 g/mol. The molecule has 0 saturated carbocycles. The molecule has 2 rings (SSSR count). The second-order valence-electron chi connectivity index (χ2n) is 4.51. The van der Waals surface area contributed by atoms with E-state index >= 15 is 0 Å². The lowest BCUT2D eigenvalue weighted by molar-refractivity contribution is 0.166. The number of nitrogens with zero attached hydrogens (tertiary/aromatic N) is 1. The minimum atomic E-state index is -0.132. The number of carbonyl (C=O) groups excluding carboxylic acids is 1. The lowest BCUT2D eigenvalue weighted by Crippen LogP contribution is -2.40. The van der Waals surface area contributed by atoms with Gasteiger partial charge in [0.25, 0.3) is 0 Å². The number of carbonyl (C=O) groups is 1. The third-order valence-corrected chi connectivity index (χ3v) is 4.22. The Labute approximate surface area is 115 Å². The molecule has 2 N–H and O–H groups in total. The molecule has 0 bridgehead atoms. The molecule has 1 aliphatic heterocycles. The van der Waals surface area contributed by atoms with Gasteiger partial charge in [0.1, 0.15) is 0 Å². The second kappa shape index (κ2) is 5.71. The van der Waals surface area contributed by atoms with Gasteiger partial charge in [-0.15, -0.1) is 0 Å². The monoisotopic (exact) mass is 312 g/mol. The van der Waals surface area contributed by atoms with Gasteiger partial charge in [-0.3, -0.25) is 0 Å². The maximum Gasteiger partial charge on any atom is 0.322 e. The fourth-order valence-electron chi connectivity index (χ4n) is 2.22. The summed E-state index contributed by atoms with van der Waals surface area (Å²) in [7, 11) is 0. The van der Waals surface area contributed by atoms with E-state index in [-0.39, 0.29) is 18.7 Å². The normalized spacial score (nSPS) is 19.1. The van der Waals surface area contributed by atoms with Crippen molar-refractivity contribution in [1.29, 1.82) is 0 Å². The zero-order valence-corrected chi connectivity index (χ0v) is 11.9. The summed E-state index contributed by atoms with van der Waals surface area (Å²) in [5.41, 5.74) is 1.81. The van der Waals surface area contributed by atoms with Gasteiger partial charge >= 0.3 is 6.03 Å². The first-order valence-electron chi connectivity index (χ1n) is 6.07. The van der Waals surface area contributed by atoms with Crippen LogP contribution in [-0.2, 0) is 0 Å². The summed E-state index contributed by atoms with van der Waals surface area (Å²) in [4.78, 5) is 13.8. The number of hydrogen-bond donors (Lipinski definition) is 2. The van der Waals surface area contributed by atoms with Crippen LogP contribution < -0.4 is 5.32 Å². The van der Waals surface area contributed by atoms with Crippen LogP contribution in [0, 0.1) is 6.92 Å². The molecule has 98 valence electrons. The summed E-state index contributed by atoms with van der Waals surface area (Å²) in [6, 6.07) is 5.53. The average Bonchev–Trinajstić information content (AvgIpc) is 2.83. The van der Waals surface area contributed by atoms with Crippen molar-refractivity contribution in [2.45, 2.75) is 25.8 Å². The van der Waals surface area contributed by atoms with Crippen molar-refractivity contribution in [3.8, 4) is 0 Å². The molecule has 2 amide bonds. The molecular formula is C13H17BrN2O2. The highest BCUT2D eigenvalue weighted by Crippen LogP contribution is 2.25. The Kier molecular flexibility index (Phi) is 4.24. The van der Waals surface area contributed by atoms with Gasteiger partial charge in [-0.05, 0) is 37.5 Å². The van der Waals surface area contributed by atoms with E-state index < -0.39 is 0 Å². The Bertz CT molecular complexity index is 451. The molecule has 1 saturated heterocycles. The molecule has 0 spiro atoms. The van der Waals surface area contributed by atoms with E-state index in [0.717, 1.165) is 28.6 Å². The molecule has 1 atom stereocenters. The van der Waals surface area contributed by atoms with Gasteiger partial charge in [-0.2, -0.15) is 0 Å². The zero-order valence-electron chi connectivity index (χ0n) is 10.3. The van der Waals surface area contributed by atoms with E-state index in [0.29, 0.717) is 6.54 Å². The maximum absolute atomic E-state index is 12.1. The molecule has 1 fully saturated rings.